The number of ether oxygens (including phenoxy) is 2. The molecular weight excluding hydrogens is 364 g/mol. The summed E-state index contributed by atoms with van der Waals surface area (Å²) in [5, 5.41) is 13.4. The Labute approximate surface area is 159 Å². The van der Waals surface area contributed by atoms with E-state index in [-0.39, 0.29) is 17.9 Å². The van der Waals surface area contributed by atoms with Crippen LogP contribution in [0.4, 0.5) is 5.69 Å². The van der Waals surface area contributed by atoms with E-state index in [2.05, 4.69) is 10.1 Å². The molecule has 1 heterocycles. The van der Waals surface area contributed by atoms with Gasteiger partial charge in [0.05, 0.1) is 12.6 Å². The van der Waals surface area contributed by atoms with Crippen molar-refractivity contribution in [1.29, 1.82) is 0 Å². The molecule has 0 aliphatic carbocycles. The Hall–Kier alpha value is -3.81. The number of aromatic nitrogens is 1. The van der Waals surface area contributed by atoms with Crippen LogP contribution in [0.25, 0.3) is 10.9 Å². The van der Waals surface area contributed by atoms with Gasteiger partial charge in [-0.05, 0) is 36.4 Å². The van der Waals surface area contributed by atoms with Gasteiger partial charge in [-0.2, -0.15) is 0 Å². The van der Waals surface area contributed by atoms with Gasteiger partial charge in [0, 0.05) is 18.1 Å². The summed E-state index contributed by atoms with van der Waals surface area (Å²) in [5.41, 5.74) is -0.0300. The van der Waals surface area contributed by atoms with E-state index in [1.807, 2.05) is 0 Å². The third-order valence-electron chi connectivity index (χ3n) is 4.20. The van der Waals surface area contributed by atoms with Gasteiger partial charge in [0.2, 0.25) is 0 Å². The fourth-order valence-corrected chi connectivity index (χ4v) is 2.71. The van der Waals surface area contributed by atoms with E-state index in [0.717, 1.165) is 0 Å². The van der Waals surface area contributed by atoms with Gasteiger partial charge in [-0.15, -0.1) is 0 Å². The first-order chi connectivity index (χ1) is 13.4. The number of anilines is 1. The molecule has 8 nitrogen and oxygen atoms in total. The zero-order valence-electron chi connectivity index (χ0n) is 15.3. The van der Waals surface area contributed by atoms with Crippen molar-refractivity contribution >= 4 is 28.5 Å². The highest BCUT2D eigenvalue weighted by Gasteiger charge is 2.21. The summed E-state index contributed by atoms with van der Waals surface area (Å²) >= 11 is 0. The summed E-state index contributed by atoms with van der Waals surface area (Å²) in [6.45, 7) is -0.233. The van der Waals surface area contributed by atoms with Crippen molar-refractivity contribution in [3.8, 4) is 11.5 Å². The topological polar surface area (TPSA) is 107 Å². The summed E-state index contributed by atoms with van der Waals surface area (Å²) in [6.07, 6.45) is 0. The van der Waals surface area contributed by atoms with Gasteiger partial charge in [-0.3, -0.25) is 9.59 Å². The number of pyridine rings is 1. The number of aryl methyl sites for hydroxylation is 1. The van der Waals surface area contributed by atoms with Crippen LogP contribution < -0.4 is 15.6 Å². The molecule has 3 rings (SSSR count). The third-order valence-corrected chi connectivity index (χ3v) is 4.20. The van der Waals surface area contributed by atoms with E-state index < -0.39 is 17.4 Å². The Balaban J connectivity index is 1.84. The van der Waals surface area contributed by atoms with E-state index in [1.54, 1.807) is 48.5 Å². The molecule has 0 atom stereocenters. The van der Waals surface area contributed by atoms with Crippen LogP contribution in [0.5, 0.6) is 11.5 Å². The van der Waals surface area contributed by atoms with Crippen molar-refractivity contribution in [1.82, 2.24) is 4.57 Å². The molecule has 0 fully saturated rings. The quantitative estimate of drug-likeness (QED) is 0.654. The minimum atomic E-state index is -0.730. The number of para-hydroxylation sites is 1. The number of rotatable bonds is 5. The van der Waals surface area contributed by atoms with Crippen LogP contribution in [0.3, 0.4) is 0 Å². The van der Waals surface area contributed by atoms with Crippen LogP contribution in [0.15, 0.2) is 53.3 Å². The molecule has 144 valence electrons. The maximum absolute atomic E-state index is 12.6. The number of nitrogens with zero attached hydrogens (tertiary/aromatic N) is 1. The van der Waals surface area contributed by atoms with E-state index in [1.165, 1.54) is 18.7 Å². The second kappa shape index (κ2) is 7.83. The molecule has 1 aromatic heterocycles. The Morgan fingerprint density at radius 3 is 2.46 bits per heavy atom. The highest BCUT2D eigenvalue weighted by atomic mass is 16.6. The van der Waals surface area contributed by atoms with Crippen molar-refractivity contribution in [2.75, 3.05) is 19.0 Å². The zero-order valence-corrected chi connectivity index (χ0v) is 15.3. The number of methoxy groups -OCH3 is 1. The van der Waals surface area contributed by atoms with Gasteiger partial charge in [0.25, 0.3) is 11.5 Å². The van der Waals surface area contributed by atoms with Gasteiger partial charge in [-0.1, -0.05) is 12.1 Å². The summed E-state index contributed by atoms with van der Waals surface area (Å²) in [6, 6.07) is 13.0. The summed E-state index contributed by atoms with van der Waals surface area (Å²) in [7, 11) is 2.80. The number of nitrogens with one attached hydrogen (secondary N) is 1. The largest absolute Gasteiger partial charge is 0.506 e. The molecule has 0 spiro atoms. The van der Waals surface area contributed by atoms with Gasteiger partial charge >= 0.3 is 5.97 Å². The smallest absolute Gasteiger partial charge is 0.343 e. The number of hydrogen-bond acceptors (Lipinski definition) is 6. The standard InChI is InChI=1S/C20H18N2O6/c1-22-15-6-4-3-5-14(15)18(24)17(20(22)26)19(25)21-12-7-9-13(10-8-12)28-11-16(23)27-2/h3-10,24H,11H2,1-2H3,(H,21,25). The molecule has 28 heavy (non-hydrogen) atoms. The lowest BCUT2D eigenvalue weighted by Crippen LogP contribution is -2.28. The Bertz CT molecular complexity index is 1100. The number of esters is 1. The highest BCUT2D eigenvalue weighted by Crippen LogP contribution is 2.26. The van der Waals surface area contributed by atoms with Gasteiger partial charge in [-0.25, -0.2) is 4.79 Å². The average molecular weight is 382 g/mol. The molecule has 2 aromatic carbocycles. The molecule has 0 saturated carbocycles. The molecule has 3 aromatic rings. The monoisotopic (exact) mass is 382 g/mol. The molecule has 2 N–H and O–H groups in total. The van der Waals surface area contributed by atoms with E-state index in [9.17, 15) is 19.5 Å². The van der Waals surface area contributed by atoms with E-state index in [4.69, 9.17) is 4.74 Å². The first-order valence-corrected chi connectivity index (χ1v) is 8.34. The molecule has 8 heteroatoms. The minimum absolute atomic E-state index is 0.233. The first-order valence-electron chi connectivity index (χ1n) is 8.34. The van der Waals surface area contributed by atoms with E-state index in [0.29, 0.717) is 22.3 Å². The zero-order chi connectivity index (χ0) is 20.3. The molecule has 0 bridgehead atoms. The van der Waals surface area contributed by atoms with Crippen molar-refractivity contribution in [3.63, 3.8) is 0 Å². The fraction of sp³-hybridized carbons (Fsp3) is 0.150. The Morgan fingerprint density at radius 1 is 1.11 bits per heavy atom. The number of fused-ring (bicyclic) bond motifs is 1. The number of carbonyl (C=O) groups is 2. The number of amides is 1. The lowest BCUT2D eigenvalue weighted by Gasteiger charge is -2.12. The molecular formula is C20H18N2O6. The molecule has 0 aliphatic heterocycles. The van der Waals surface area contributed by atoms with Crippen LogP contribution in [0, 0.1) is 0 Å². The predicted octanol–water partition coefficient (Wildman–Crippen LogP) is 2.05. The molecule has 0 saturated heterocycles. The lowest BCUT2D eigenvalue weighted by atomic mass is 10.1. The molecule has 0 aliphatic rings. The van der Waals surface area contributed by atoms with Crippen molar-refractivity contribution < 1.29 is 24.2 Å². The molecule has 0 radical (unpaired) electrons. The van der Waals surface area contributed by atoms with Crippen molar-refractivity contribution in [2.45, 2.75) is 0 Å². The maximum Gasteiger partial charge on any atom is 0.343 e. The van der Waals surface area contributed by atoms with Crippen LogP contribution in [0.2, 0.25) is 0 Å². The second-order valence-corrected chi connectivity index (χ2v) is 5.95. The second-order valence-electron chi connectivity index (χ2n) is 5.95. The van der Waals surface area contributed by atoms with Crippen molar-refractivity contribution in [2.24, 2.45) is 7.05 Å². The van der Waals surface area contributed by atoms with Crippen molar-refractivity contribution in [3.05, 3.63) is 64.4 Å². The summed E-state index contributed by atoms with van der Waals surface area (Å²) in [5.74, 6) is -1.20. The SMILES string of the molecule is COC(=O)COc1ccc(NC(=O)c2c(O)c3ccccc3n(C)c2=O)cc1. The van der Waals surface area contributed by atoms with Crippen LogP contribution in [-0.2, 0) is 16.6 Å². The Kier molecular flexibility index (Phi) is 5.30. The average Bonchev–Trinajstić information content (AvgIpc) is 2.71. The molecule has 1 amide bonds. The minimum Gasteiger partial charge on any atom is -0.506 e. The normalized spacial score (nSPS) is 10.5. The van der Waals surface area contributed by atoms with Gasteiger partial charge in [0.1, 0.15) is 17.1 Å². The van der Waals surface area contributed by atoms with Gasteiger partial charge in [0.15, 0.2) is 6.61 Å². The maximum atomic E-state index is 12.6. The van der Waals surface area contributed by atoms with E-state index >= 15 is 0 Å². The first kappa shape index (κ1) is 19.0. The predicted molar refractivity (Wildman–Crippen MR) is 103 cm³/mol. The van der Waals surface area contributed by atoms with Crippen LogP contribution in [0.1, 0.15) is 10.4 Å². The number of hydrogen-bond donors (Lipinski definition) is 2. The molecule has 0 unspecified atom stereocenters. The number of carbonyl (C=O) groups excluding carboxylic acids is 2. The highest BCUT2D eigenvalue weighted by molar-refractivity contribution is 6.09. The number of benzene rings is 2. The number of aromatic hydroxyl groups is 1. The van der Waals surface area contributed by atoms with Gasteiger partial charge < -0.3 is 24.5 Å². The fourth-order valence-electron chi connectivity index (χ4n) is 2.71. The Morgan fingerprint density at radius 2 is 1.79 bits per heavy atom. The summed E-state index contributed by atoms with van der Waals surface area (Å²) < 4.78 is 11.0. The summed E-state index contributed by atoms with van der Waals surface area (Å²) in [4.78, 5) is 36.2. The van der Waals surface area contributed by atoms with Crippen LogP contribution >= 0.6 is 0 Å². The lowest BCUT2D eigenvalue weighted by molar-refractivity contribution is -0.142. The van der Waals surface area contributed by atoms with Crippen LogP contribution in [-0.4, -0.2) is 35.3 Å². The third kappa shape index (κ3) is 3.66.